The Labute approximate surface area is 140 Å². The van der Waals surface area contributed by atoms with Gasteiger partial charge in [0.1, 0.15) is 0 Å². The van der Waals surface area contributed by atoms with Crippen LogP contribution in [0, 0.1) is 13.8 Å². The van der Waals surface area contributed by atoms with Gasteiger partial charge in [-0.2, -0.15) is 0 Å². The molecule has 0 atom stereocenters. The van der Waals surface area contributed by atoms with Crippen LogP contribution in [0.4, 0.5) is 0 Å². The van der Waals surface area contributed by atoms with Crippen molar-refractivity contribution in [2.24, 2.45) is 0 Å². The summed E-state index contributed by atoms with van der Waals surface area (Å²) in [5, 5.41) is 0. The minimum absolute atomic E-state index is 0.194. The van der Waals surface area contributed by atoms with E-state index in [1.54, 1.807) is 24.3 Å². The fourth-order valence-corrected chi connectivity index (χ4v) is 27.9. The molecule has 0 radical (unpaired) electrons. The van der Waals surface area contributed by atoms with E-state index in [2.05, 4.69) is 0 Å². The summed E-state index contributed by atoms with van der Waals surface area (Å²) in [6.45, 7) is 3.74. The number of hydrogen-bond acceptors (Lipinski definition) is 4. The molecule has 0 fully saturated rings. The van der Waals surface area contributed by atoms with E-state index in [0.29, 0.717) is 0 Å². The van der Waals surface area contributed by atoms with Gasteiger partial charge >= 0.3 is 141 Å². The Morgan fingerprint density at radius 2 is 0.864 bits per heavy atom. The zero-order valence-corrected chi connectivity index (χ0v) is 16.9. The van der Waals surface area contributed by atoms with E-state index in [-0.39, 0.29) is 9.79 Å². The average Bonchev–Trinajstić information content (AvgIpc) is 2.46. The predicted molar refractivity (Wildman–Crippen MR) is 88.2 cm³/mol. The summed E-state index contributed by atoms with van der Waals surface area (Å²) in [4.78, 5) is 0.387. The summed E-state index contributed by atoms with van der Waals surface area (Å²) in [6.07, 6.45) is 0. The summed E-state index contributed by atoms with van der Waals surface area (Å²) < 4.78 is 49.0. The maximum atomic E-state index is 12.3. The second kappa shape index (κ2) is 6.87. The Morgan fingerprint density at radius 1 is 0.591 bits per heavy atom. The van der Waals surface area contributed by atoms with Crippen LogP contribution in [0.15, 0.2) is 58.3 Å². The fraction of sp³-hybridized carbons (Fsp3) is 0.143. The molecule has 0 spiro atoms. The van der Waals surface area contributed by atoms with Crippen LogP contribution >= 0.6 is 0 Å². The number of benzene rings is 2. The van der Waals surface area contributed by atoms with Crippen LogP contribution < -0.4 is 0 Å². The van der Waals surface area contributed by atoms with Crippen LogP contribution in [0.2, 0.25) is 0 Å². The summed E-state index contributed by atoms with van der Waals surface area (Å²) in [5.74, 6) is 0. The molecule has 0 saturated carbocycles. The van der Waals surface area contributed by atoms with E-state index in [0.717, 1.165) is 11.1 Å². The molecular formula is C14H14O4S2Se2. The zero-order valence-electron chi connectivity index (χ0n) is 11.9. The maximum absolute atomic E-state index is 12.3. The molecule has 22 heavy (non-hydrogen) atoms. The van der Waals surface area contributed by atoms with Gasteiger partial charge in [0, 0.05) is 0 Å². The van der Waals surface area contributed by atoms with Crippen molar-refractivity contribution in [3.8, 4) is 0 Å². The molecule has 2 rings (SSSR count). The third kappa shape index (κ3) is 4.44. The summed E-state index contributed by atoms with van der Waals surface area (Å²) in [5.41, 5.74) is 1.92. The van der Waals surface area contributed by atoms with Gasteiger partial charge in [-0.3, -0.25) is 0 Å². The van der Waals surface area contributed by atoms with Gasteiger partial charge < -0.3 is 0 Å². The molecule has 0 aliphatic heterocycles. The summed E-state index contributed by atoms with van der Waals surface area (Å²) >= 11 is -2.00. The standard InChI is InChI=1S/C14H14O4S2Se2/c1-11-3-7-13(8-4-11)19(15,16)21-22-20(17,18)14-9-5-12(2)6-10-14/h3-10H,1-2H3. The van der Waals surface area contributed by atoms with Crippen molar-refractivity contribution in [2.45, 2.75) is 23.6 Å². The van der Waals surface area contributed by atoms with E-state index in [1.165, 1.54) is 24.3 Å². The zero-order chi connectivity index (χ0) is 16.4. The minimum atomic E-state index is -3.52. The van der Waals surface area contributed by atoms with Crippen molar-refractivity contribution in [1.82, 2.24) is 0 Å². The van der Waals surface area contributed by atoms with Crippen molar-refractivity contribution < 1.29 is 16.8 Å². The molecule has 0 aliphatic carbocycles. The molecule has 2 aromatic rings. The number of rotatable bonds is 5. The van der Waals surface area contributed by atoms with Gasteiger partial charge in [-0.1, -0.05) is 0 Å². The topological polar surface area (TPSA) is 68.3 Å². The van der Waals surface area contributed by atoms with Crippen molar-refractivity contribution in [3.63, 3.8) is 0 Å². The first-order valence-electron chi connectivity index (χ1n) is 6.22. The van der Waals surface area contributed by atoms with Crippen LogP contribution in [0.5, 0.6) is 0 Å². The van der Waals surface area contributed by atoms with Crippen LogP contribution in [0.25, 0.3) is 0 Å². The number of hydrogen-bond donors (Lipinski definition) is 0. The Kier molecular flexibility index (Phi) is 5.54. The predicted octanol–water partition coefficient (Wildman–Crippen LogP) is 1.70. The second-order valence-corrected chi connectivity index (χ2v) is 23.8. The van der Waals surface area contributed by atoms with Gasteiger partial charge in [-0.15, -0.1) is 0 Å². The molecule has 2 aromatic carbocycles. The van der Waals surface area contributed by atoms with Crippen LogP contribution in [-0.4, -0.2) is 40.9 Å². The normalized spacial score (nSPS) is 12.3. The first-order valence-corrected chi connectivity index (χ1v) is 17.6. The van der Waals surface area contributed by atoms with Crippen molar-refractivity contribution in [2.75, 3.05) is 0 Å². The third-order valence-corrected chi connectivity index (χ3v) is 28.0. The summed E-state index contributed by atoms with van der Waals surface area (Å²) in [7, 11) is -7.03. The van der Waals surface area contributed by atoms with Gasteiger partial charge in [0.05, 0.1) is 0 Å². The monoisotopic (exact) mass is 470 g/mol. The van der Waals surface area contributed by atoms with E-state index >= 15 is 0 Å². The van der Waals surface area contributed by atoms with Gasteiger partial charge in [0.25, 0.3) is 0 Å². The Morgan fingerprint density at radius 3 is 1.14 bits per heavy atom. The van der Waals surface area contributed by atoms with E-state index < -0.39 is 40.5 Å². The molecule has 0 amide bonds. The molecule has 0 N–H and O–H groups in total. The molecule has 0 aromatic heterocycles. The Bertz CT molecular complexity index is 781. The van der Waals surface area contributed by atoms with Gasteiger partial charge in [0.2, 0.25) is 0 Å². The molecule has 0 aliphatic rings. The van der Waals surface area contributed by atoms with Crippen molar-refractivity contribution in [3.05, 3.63) is 59.7 Å². The van der Waals surface area contributed by atoms with Gasteiger partial charge in [0.15, 0.2) is 0 Å². The quantitative estimate of drug-likeness (QED) is 0.627. The molecule has 0 unspecified atom stereocenters. The van der Waals surface area contributed by atoms with Gasteiger partial charge in [-0.05, 0) is 0 Å². The van der Waals surface area contributed by atoms with Crippen LogP contribution in [0.1, 0.15) is 11.1 Å². The molecule has 0 saturated heterocycles. The van der Waals surface area contributed by atoms with Crippen LogP contribution in [-0.2, 0) is 16.5 Å². The fourth-order valence-electron chi connectivity index (χ4n) is 1.56. The van der Waals surface area contributed by atoms with E-state index in [4.69, 9.17) is 0 Å². The van der Waals surface area contributed by atoms with Gasteiger partial charge in [-0.25, -0.2) is 0 Å². The van der Waals surface area contributed by atoms with Crippen molar-refractivity contribution >= 4 is 40.5 Å². The second-order valence-electron chi connectivity index (χ2n) is 4.67. The molecular weight excluding hydrogens is 454 g/mol. The van der Waals surface area contributed by atoms with Crippen LogP contribution in [0.3, 0.4) is 0 Å². The Balaban J connectivity index is 2.17. The van der Waals surface area contributed by atoms with Crippen molar-refractivity contribution in [1.29, 1.82) is 0 Å². The summed E-state index contributed by atoms with van der Waals surface area (Å²) in [6, 6.07) is 13.0. The average molecular weight is 468 g/mol. The molecule has 0 bridgehead atoms. The third-order valence-electron chi connectivity index (χ3n) is 2.83. The molecule has 4 nitrogen and oxygen atoms in total. The molecule has 8 heteroatoms. The van der Waals surface area contributed by atoms with E-state index in [9.17, 15) is 16.8 Å². The SMILES string of the molecule is Cc1ccc(S(=O)(=O)[Se][Se]S(=O)(=O)c2ccc(C)cc2)cc1. The first-order chi connectivity index (χ1) is 10.2. The first kappa shape index (κ1) is 17.7. The Hall–Kier alpha value is -0.621. The van der Waals surface area contributed by atoms with E-state index in [1.807, 2.05) is 13.8 Å². The number of aryl methyl sites for hydroxylation is 2. The molecule has 118 valence electrons. The molecule has 0 heterocycles.